The first kappa shape index (κ1) is 14.7. The van der Waals surface area contributed by atoms with Gasteiger partial charge in [0.05, 0.1) is 11.1 Å². The molecule has 4 heteroatoms. The van der Waals surface area contributed by atoms with Crippen LogP contribution >= 0.6 is 0 Å². The first-order chi connectivity index (χ1) is 8.40. The Hall–Kier alpha value is -1.32. The number of hydrogen-bond acceptors (Lipinski definition) is 1. The number of halogens is 3. The molecular formula is C14H17F3O. The molecule has 0 aliphatic heterocycles. The van der Waals surface area contributed by atoms with E-state index in [0.29, 0.717) is 12.8 Å². The van der Waals surface area contributed by atoms with Gasteiger partial charge in [-0.15, -0.1) is 0 Å². The van der Waals surface area contributed by atoms with Crippen LogP contribution in [0.15, 0.2) is 18.2 Å². The summed E-state index contributed by atoms with van der Waals surface area (Å²) in [5.74, 6) is -4.85. The maximum absolute atomic E-state index is 13.8. The van der Waals surface area contributed by atoms with Crippen LogP contribution < -0.4 is 0 Å². The zero-order chi connectivity index (χ0) is 13.8. The summed E-state index contributed by atoms with van der Waals surface area (Å²) >= 11 is 0. The topological polar surface area (TPSA) is 17.1 Å². The van der Waals surface area contributed by atoms with Crippen LogP contribution in [-0.2, 0) is 5.92 Å². The highest BCUT2D eigenvalue weighted by molar-refractivity contribution is 5.94. The maximum Gasteiger partial charge on any atom is 0.276 e. The number of unbranched alkanes of at least 4 members (excludes halogenated alkanes) is 2. The van der Waals surface area contributed by atoms with Gasteiger partial charge in [0.25, 0.3) is 5.92 Å². The fraction of sp³-hybridized carbons (Fsp3) is 0.500. The highest BCUT2D eigenvalue weighted by Gasteiger charge is 2.34. The summed E-state index contributed by atoms with van der Waals surface area (Å²) in [6.45, 7) is 3.08. The molecule has 18 heavy (non-hydrogen) atoms. The fourth-order valence-electron chi connectivity index (χ4n) is 1.82. The van der Waals surface area contributed by atoms with Crippen molar-refractivity contribution >= 4 is 5.78 Å². The van der Waals surface area contributed by atoms with Crippen LogP contribution in [0.2, 0.25) is 0 Å². The van der Waals surface area contributed by atoms with E-state index in [1.807, 2.05) is 6.92 Å². The van der Waals surface area contributed by atoms with Crippen molar-refractivity contribution < 1.29 is 18.0 Å². The van der Waals surface area contributed by atoms with Crippen molar-refractivity contribution in [2.45, 2.75) is 45.5 Å². The maximum atomic E-state index is 13.8. The van der Waals surface area contributed by atoms with Gasteiger partial charge in [0.2, 0.25) is 0 Å². The molecule has 1 aromatic carbocycles. The average Bonchev–Trinajstić information content (AvgIpc) is 2.28. The summed E-state index contributed by atoms with van der Waals surface area (Å²) in [6, 6.07) is 3.57. The normalized spacial score (nSPS) is 11.6. The molecule has 1 rings (SSSR count). The van der Waals surface area contributed by atoms with Gasteiger partial charge in [-0.25, -0.2) is 13.2 Å². The van der Waals surface area contributed by atoms with Crippen molar-refractivity contribution in [3.05, 3.63) is 35.1 Å². The lowest BCUT2D eigenvalue weighted by atomic mass is 9.98. The van der Waals surface area contributed by atoms with Gasteiger partial charge in [-0.2, -0.15) is 0 Å². The Bertz CT molecular complexity index is 427. The molecule has 1 nitrogen and oxygen atoms in total. The Kier molecular flexibility index (Phi) is 4.93. The molecule has 0 saturated heterocycles. The van der Waals surface area contributed by atoms with Crippen LogP contribution in [-0.4, -0.2) is 5.78 Å². The molecule has 0 radical (unpaired) electrons. The number of ketones is 1. The molecule has 0 saturated carbocycles. The summed E-state index contributed by atoms with van der Waals surface area (Å²) in [5.41, 5.74) is -0.950. The van der Waals surface area contributed by atoms with E-state index in [0.717, 1.165) is 19.4 Å². The third-order valence-corrected chi connectivity index (χ3v) is 2.87. The summed E-state index contributed by atoms with van der Waals surface area (Å²) in [4.78, 5) is 11.1. The number of carbonyl (C=O) groups is 1. The van der Waals surface area contributed by atoms with Gasteiger partial charge >= 0.3 is 0 Å². The second-order valence-electron chi connectivity index (χ2n) is 4.38. The van der Waals surface area contributed by atoms with Crippen LogP contribution in [0.1, 0.15) is 55.5 Å². The minimum absolute atomic E-state index is 0.275. The first-order valence-electron chi connectivity index (χ1n) is 6.08. The largest absolute Gasteiger partial charge is 0.294 e. The van der Waals surface area contributed by atoms with Crippen molar-refractivity contribution in [3.63, 3.8) is 0 Å². The molecule has 0 heterocycles. The molecule has 0 amide bonds. The monoisotopic (exact) mass is 258 g/mol. The number of rotatable bonds is 6. The second kappa shape index (κ2) is 6.03. The predicted octanol–water partition coefficient (Wildman–Crippen LogP) is 4.70. The van der Waals surface area contributed by atoms with Crippen LogP contribution in [0.5, 0.6) is 0 Å². The molecule has 0 unspecified atom stereocenters. The van der Waals surface area contributed by atoms with Crippen molar-refractivity contribution in [3.8, 4) is 0 Å². The number of alkyl halides is 2. The number of Topliss-reactive ketones (excluding diaryl/α,β-unsaturated/α-hetero) is 1. The Morgan fingerprint density at radius 2 is 1.94 bits per heavy atom. The van der Waals surface area contributed by atoms with Crippen LogP contribution in [0.3, 0.4) is 0 Å². The highest BCUT2D eigenvalue weighted by atomic mass is 19.3. The second-order valence-corrected chi connectivity index (χ2v) is 4.38. The van der Waals surface area contributed by atoms with E-state index in [-0.39, 0.29) is 12.0 Å². The minimum Gasteiger partial charge on any atom is -0.294 e. The number of benzene rings is 1. The molecule has 0 atom stereocenters. The van der Waals surface area contributed by atoms with E-state index in [9.17, 15) is 18.0 Å². The predicted molar refractivity (Wildman–Crippen MR) is 64.4 cm³/mol. The number of hydrogen-bond donors (Lipinski definition) is 0. The molecule has 100 valence electrons. The quantitative estimate of drug-likeness (QED) is 0.534. The number of carbonyl (C=O) groups excluding carboxylic acids is 1. The Balaban J connectivity index is 3.01. The van der Waals surface area contributed by atoms with Gasteiger partial charge in [0.15, 0.2) is 5.78 Å². The molecule has 0 aromatic heterocycles. The summed E-state index contributed by atoms with van der Waals surface area (Å²) in [7, 11) is 0. The highest BCUT2D eigenvalue weighted by Crippen LogP contribution is 2.36. The van der Waals surface area contributed by atoms with E-state index in [1.165, 1.54) is 12.1 Å². The summed E-state index contributed by atoms with van der Waals surface area (Å²) < 4.78 is 41.5. The summed E-state index contributed by atoms with van der Waals surface area (Å²) in [5, 5.41) is 0. The third kappa shape index (κ3) is 3.34. The van der Waals surface area contributed by atoms with Crippen molar-refractivity contribution in [1.29, 1.82) is 0 Å². The van der Waals surface area contributed by atoms with Gasteiger partial charge in [-0.3, -0.25) is 4.79 Å². The van der Waals surface area contributed by atoms with Crippen LogP contribution in [0.4, 0.5) is 13.2 Å². The molecule has 0 N–H and O–H groups in total. The minimum atomic E-state index is -3.22. The lowest BCUT2D eigenvalue weighted by Crippen LogP contribution is -2.17. The molecule has 1 aromatic rings. The van der Waals surface area contributed by atoms with E-state index in [2.05, 4.69) is 0 Å². The van der Waals surface area contributed by atoms with Crippen molar-refractivity contribution in [2.75, 3.05) is 0 Å². The van der Waals surface area contributed by atoms with E-state index in [4.69, 9.17) is 0 Å². The van der Waals surface area contributed by atoms with E-state index in [1.54, 1.807) is 0 Å². The standard InChI is InChI=1S/C14H17F3O/c1-3-4-5-9-14(16,17)12-8-6-7-11(10(2)18)13(12)15/h6-8H,3-5,9H2,1-2H3. The van der Waals surface area contributed by atoms with Gasteiger partial charge in [0, 0.05) is 6.42 Å². The van der Waals surface area contributed by atoms with Gasteiger partial charge in [-0.1, -0.05) is 31.9 Å². The first-order valence-corrected chi connectivity index (χ1v) is 6.08. The molecule has 0 spiro atoms. The molecule has 0 aliphatic rings. The zero-order valence-corrected chi connectivity index (χ0v) is 10.6. The average molecular weight is 258 g/mol. The lowest BCUT2D eigenvalue weighted by molar-refractivity contribution is -0.0191. The van der Waals surface area contributed by atoms with Crippen LogP contribution in [0, 0.1) is 5.82 Å². The van der Waals surface area contributed by atoms with Crippen molar-refractivity contribution in [1.82, 2.24) is 0 Å². The van der Waals surface area contributed by atoms with Crippen LogP contribution in [0.25, 0.3) is 0 Å². The molecule has 0 fully saturated rings. The lowest BCUT2D eigenvalue weighted by Gasteiger charge is -2.18. The summed E-state index contributed by atoms with van der Waals surface area (Å²) in [6.07, 6.45) is 1.46. The zero-order valence-electron chi connectivity index (χ0n) is 10.6. The molecule has 0 bridgehead atoms. The van der Waals surface area contributed by atoms with Gasteiger partial charge < -0.3 is 0 Å². The van der Waals surface area contributed by atoms with E-state index < -0.39 is 23.1 Å². The molecule has 0 aliphatic carbocycles. The Morgan fingerprint density at radius 3 is 2.50 bits per heavy atom. The smallest absolute Gasteiger partial charge is 0.276 e. The Morgan fingerprint density at radius 1 is 1.28 bits per heavy atom. The fourth-order valence-corrected chi connectivity index (χ4v) is 1.82. The SMILES string of the molecule is CCCCCC(F)(F)c1cccc(C(C)=O)c1F. The van der Waals surface area contributed by atoms with E-state index >= 15 is 0 Å². The third-order valence-electron chi connectivity index (χ3n) is 2.87. The Labute approximate surface area is 105 Å². The van der Waals surface area contributed by atoms with Crippen molar-refractivity contribution in [2.24, 2.45) is 0 Å². The van der Waals surface area contributed by atoms with Gasteiger partial charge in [-0.05, 0) is 19.4 Å². The molecular weight excluding hydrogens is 241 g/mol. The van der Waals surface area contributed by atoms with Gasteiger partial charge in [0.1, 0.15) is 5.82 Å².